The fraction of sp³-hybridized carbons (Fsp3) is 0.250. The fourth-order valence-corrected chi connectivity index (χ4v) is 2.18. The molecule has 3 rings (SSSR count). The van der Waals surface area contributed by atoms with Crippen molar-refractivity contribution < 1.29 is 32.2 Å². The van der Waals surface area contributed by atoms with E-state index in [0.29, 0.717) is 0 Å². The van der Waals surface area contributed by atoms with E-state index >= 15 is 0 Å². The van der Waals surface area contributed by atoms with E-state index in [2.05, 4.69) is 19.2 Å². The lowest BCUT2D eigenvalue weighted by Gasteiger charge is -2.07. The normalized spacial score (nSPS) is 13.7. The van der Waals surface area contributed by atoms with Crippen LogP contribution in [0.5, 0.6) is 11.5 Å². The van der Waals surface area contributed by atoms with Gasteiger partial charge in [0.1, 0.15) is 0 Å². The van der Waals surface area contributed by atoms with Crippen LogP contribution in [0.4, 0.5) is 13.2 Å². The predicted octanol–water partition coefficient (Wildman–Crippen LogP) is 4.68. The van der Waals surface area contributed by atoms with E-state index in [9.17, 15) is 18.0 Å². The van der Waals surface area contributed by atoms with Gasteiger partial charge in [0.05, 0.1) is 17.8 Å². The summed E-state index contributed by atoms with van der Waals surface area (Å²) in [6.45, 7) is 4.00. The molecule has 0 unspecified atom stereocenters. The lowest BCUT2D eigenvalue weighted by atomic mass is 10.1. The number of fused-ring (bicyclic) bond motifs is 1. The second kappa shape index (κ2) is 7.18. The number of rotatable bonds is 2. The van der Waals surface area contributed by atoms with Crippen LogP contribution in [0, 0.1) is 5.82 Å². The standard InChI is InChI=1S/C14H7ClF3NO4.C2H6/c1-21-13(20)11-7(15)2-3-9(19-11)6-4-8(16)12-10(5-6)22-14(17,18)23-12;1-2/h2-5H,1H3;1-2H3. The van der Waals surface area contributed by atoms with E-state index in [4.69, 9.17) is 11.6 Å². The highest BCUT2D eigenvalue weighted by atomic mass is 35.5. The summed E-state index contributed by atoms with van der Waals surface area (Å²) in [7, 11) is 1.15. The van der Waals surface area contributed by atoms with Crippen LogP contribution in [0.3, 0.4) is 0 Å². The highest BCUT2D eigenvalue weighted by Crippen LogP contribution is 2.44. The minimum Gasteiger partial charge on any atom is -0.464 e. The Balaban J connectivity index is 0.00000109. The van der Waals surface area contributed by atoms with Gasteiger partial charge in [-0.3, -0.25) is 0 Å². The molecular weight excluding hydrogens is 363 g/mol. The van der Waals surface area contributed by atoms with Crippen molar-refractivity contribution in [1.82, 2.24) is 4.98 Å². The number of methoxy groups -OCH3 is 1. The Hall–Kier alpha value is -2.48. The molecule has 134 valence electrons. The van der Waals surface area contributed by atoms with Crippen LogP contribution in [-0.2, 0) is 4.74 Å². The Morgan fingerprint density at radius 2 is 1.92 bits per heavy atom. The zero-order chi connectivity index (χ0) is 18.8. The second-order valence-corrected chi connectivity index (χ2v) is 4.88. The molecule has 1 aliphatic rings. The molecule has 1 aliphatic heterocycles. The van der Waals surface area contributed by atoms with Gasteiger partial charge in [-0.2, -0.15) is 0 Å². The van der Waals surface area contributed by atoms with Crippen molar-refractivity contribution >= 4 is 17.6 Å². The second-order valence-electron chi connectivity index (χ2n) is 4.47. The lowest BCUT2D eigenvalue weighted by molar-refractivity contribution is -0.287. The van der Waals surface area contributed by atoms with E-state index in [1.165, 1.54) is 12.1 Å². The lowest BCUT2D eigenvalue weighted by Crippen LogP contribution is -2.26. The van der Waals surface area contributed by atoms with Crippen LogP contribution in [0.1, 0.15) is 24.3 Å². The summed E-state index contributed by atoms with van der Waals surface area (Å²) in [5.41, 5.74) is 0.0368. The molecular formula is C16H13ClF3NO4. The third-order valence-electron chi connectivity index (χ3n) is 2.98. The van der Waals surface area contributed by atoms with Crippen molar-refractivity contribution in [2.75, 3.05) is 7.11 Å². The molecule has 0 saturated heterocycles. The van der Waals surface area contributed by atoms with Crippen molar-refractivity contribution in [2.45, 2.75) is 20.1 Å². The summed E-state index contributed by atoms with van der Waals surface area (Å²) in [4.78, 5) is 15.5. The van der Waals surface area contributed by atoms with Gasteiger partial charge in [-0.1, -0.05) is 25.4 Å². The summed E-state index contributed by atoms with van der Waals surface area (Å²) >= 11 is 5.84. The number of carbonyl (C=O) groups excluding carboxylic acids is 1. The molecule has 25 heavy (non-hydrogen) atoms. The number of hydrogen-bond acceptors (Lipinski definition) is 5. The largest absolute Gasteiger partial charge is 0.586 e. The van der Waals surface area contributed by atoms with Gasteiger partial charge in [-0.15, -0.1) is 8.78 Å². The van der Waals surface area contributed by atoms with E-state index in [1.807, 2.05) is 13.8 Å². The number of esters is 1. The molecule has 0 spiro atoms. The summed E-state index contributed by atoms with van der Waals surface area (Å²) in [6, 6.07) is 4.80. The zero-order valence-corrected chi connectivity index (χ0v) is 14.2. The van der Waals surface area contributed by atoms with Crippen LogP contribution >= 0.6 is 11.6 Å². The van der Waals surface area contributed by atoms with Gasteiger partial charge in [0.25, 0.3) is 0 Å². The SMILES string of the molecule is CC.COC(=O)c1nc(-c2cc(F)c3c(c2)OC(F)(F)O3)ccc1Cl. The quantitative estimate of drug-likeness (QED) is 0.713. The highest BCUT2D eigenvalue weighted by Gasteiger charge is 2.45. The predicted molar refractivity (Wildman–Crippen MR) is 83.5 cm³/mol. The molecule has 5 nitrogen and oxygen atoms in total. The number of aromatic nitrogens is 1. The number of benzene rings is 1. The minimum absolute atomic E-state index is 0.0355. The molecule has 0 amide bonds. The molecule has 9 heteroatoms. The molecule has 2 aromatic rings. The first kappa shape index (κ1) is 18.9. The molecule has 0 radical (unpaired) electrons. The van der Waals surface area contributed by atoms with Crippen molar-refractivity contribution in [1.29, 1.82) is 0 Å². The maximum atomic E-state index is 13.9. The Kier molecular flexibility index (Phi) is 5.42. The molecule has 0 fully saturated rings. The van der Waals surface area contributed by atoms with Gasteiger partial charge < -0.3 is 14.2 Å². The van der Waals surface area contributed by atoms with Crippen molar-refractivity contribution in [2.24, 2.45) is 0 Å². The molecule has 0 N–H and O–H groups in total. The number of pyridine rings is 1. The summed E-state index contributed by atoms with van der Waals surface area (Å²) in [5, 5.41) is 0.0355. The van der Waals surface area contributed by atoms with Crippen LogP contribution in [-0.4, -0.2) is 24.4 Å². The maximum absolute atomic E-state index is 13.9. The fourth-order valence-electron chi connectivity index (χ4n) is 2.00. The first-order valence-corrected chi connectivity index (χ1v) is 7.53. The van der Waals surface area contributed by atoms with Crippen molar-refractivity contribution in [3.05, 3.63) is 40.8 Å². The van der Waals surface area contributed by atoms with Gasteiger partial charge >= 0.3 is 12.3 Å². The molecule has 2 heterocycles. The van der Waals surface area contributed by atoms with Crippen LogP contribution in [0.2, 0.25) is 5.02 Å². The highest BCUT2D eigenvalue weighted by molar-refractivity contribution is 6.33. The summed E-state index contributed by atoms with van der Waals surface area (Å²) < 4.78 is 52.7. The number of hydrogen-bond donors (Lipinski definition) is 0. The Labute approximate surface area is 146 Å². The molecule has 1 aromatic heterocycles. The first-order valence-electron chi connectivity index (χ1n) is 7.15. The Morgan fingerprint density at radius 1 is 1.24 bits per heavy atom. The molecule has 0 aliphatic carbocycles. The van der Waals surface area contributed by atoms with E-state index in [0.717, 1.165) is 19.2 Å². The molecule has 1 aromatic carbocycles. The first-order chi connectivity index (χ1) is 11.8. The zero-order valence-electron chi connectivity index (χ0n) is 13.4. The van der Waals surface area contributed by atoms with Gasteiger partial charge in [-0.05, 0) is 24.3 Å². The van der Waals surface area contributed by atoms with Crippen LogP contribution in [0.15, 0.2) is 24.3 Å². The van der Waals surface area contributed by atoms with Gasteiger partial charge in [-0.25, -0.2) is 14.2 Å². The number of ether oxygens (including phenoxy) is 3. The van der Waals surface area contributed by atoms with Gasteiger partial charge in [0.2, 0.25) is 5.75 Å². The third kappa shape index (κ3) is 3.79. The van der Waals surface area contributed by atoms with Crippen molar-refractivity contribution in [3.63, 3.8) is 0 Å². The Morgan fingerprint density at radius 3 is 2.56 bits per heavy atom. The number of halogens is 4. The maximum Gasteiger partial charge on any atom is 0.586 e. The molecule has 0 saturated carbocycles. The minimum atomic E-state index is -3.94. The van der Waals surface area contributed by atoms with E-state index in [1.54, 1.807) is 0 Å². The van der Waals surface area contributed by atoms with Crippen molar-refractivity contribution in [3.8, 4) is 22.8 Å². The summed E-state index contributed by atoms with van der Waals surface area (Å²) in [6.07, 6.45) is -3.94. The topological polar surface area (TPSA) is 57.7 Å². The average Bonchev–Trinajstić information content (AvgIpc) is 2.91. The Bertz CT molecular complexity index is 814. The monoisotopic (exact) mass is 375 g/mol. The summed E-state index contributed by atoms with van der Waals surface area (Å²) in [5.74, 6) is -3.00. The van der Waals surface area contributed by atoms with Crippen LogP contribution < -0.4 is 9.47 Å². The van der Waals surface area contributed by atoms with Crippen LogP contribution in [0.25, 0.3) is 11.3 Å². The average molecular weight is 376 g/mol. The molecule has 0 bridgehead atoms. The smallest absolute Gasteiger partial charge is 0.464 e. The van der Waals surface area contributed by atoms with Gasteiger partial charge in [0, 0.05) is 5.56 Å². The number of alkyl halides is 2. The van der Waals surface area contributed by atoms with E-state index < -0.39 is 29.6 Å². The molecule has 0 atom stereocenters. The number of carbonyl (C=O) groups is 1. The van der Waals surface area contributed by atoms with E-state index in [-0.39, 0.29) is 22.0 Å². The third-order valence-corrected chi connectivity index (χ3v) is 3.28. The van der Waals surface area contributed by atoms with Gasteiger partial charge in [0.15, 0.2) is 17.3 Å². The number of nitrogens with zero attached hydrogens (tertiary/aromatic N) is 1.